The van der Waals surface area contributed by atoms with Gasteiger partial charge in [0, 0.05) is 31.0 Å². The molecule has 0 bridgehead atoms. The fourth-order valence-corrected chi connectivity index (χ4v) is 3.86. The Bertz CT molecular complexity index is 1300. The van der Waals surface area contributed by atoms with E-state index >= 15 is 0 Å². The Labute approximate surface area is 197 Å². The van der Waals surface area contributed by atoms with Crippen molar-refractivity contribution in [3.63, 3.8) is 0 Å². The van der Waals surface area contributed by atoms with Crippen molar-refractivity contribution >= 4 is 5.97 Å². The first kappa shape index (κ1) is 23.3. The molecule has 0 spiro atoms. The van der Waals surface area contributed by atoms with Gasteiger partial charge in [-0.05, 0) is 60.5 Å². The number of methoxy groups -OCH3 is 1. The summed E-state index contributed by atoms with van der Waals surface area (Å²) in [6.45, 7) is 2.87. The number of hydrogen-bond acceptors (Lipinski definition) is 7. The molecule has 0 unspecified atom stereocenters. The van der Waals surface area contributed by atoms with Crippen molar-refractivity contribution in [1.82, 2.24) is 20.0 Å². The number of benzene rings is 2. The van der Waals surface area contributed by atoms with Crippen LogP contribution in [0.1, 0.15) is 16.8 Å². The Morgan fingerprint density at radius 1 is 1.09 bits per heavy atom. The Morgan fingerprint density at radius 3 is 2.68 bits per heavy atom. The highest BCUT2D eigenvalue weighted by Crippen LogP contribution is 2.31. The maximum absolute atomic E-state index is 10.9. The zero-order valence-corrected chi connectivity index (χ0v) is 19.4. The van der Waals surface area contributed by atoms with E-state index in [1.165, 1.54) is 5.56 Å². The second kappa shape index (κ2) is 10.4. The molecule has 0 aliphatic rings. The summed E-state index contributed by atoms with van der Waals surface area (Å²) in [5.41, 5.74) is 6.75. The number of rotatable bonds is 9. The maximum Gasteiger partial charge on any atom is 0.317 e. The Morgan fingerprint density at radius 2 is 1.91 bits per heavy atom. The van der Waals surface area contributed by atoms with Gasteiger partial charge in [-0.3, -0.25) is 14.7 Å². The second-order valence-corrected chi connectivity index (χ2v) is 8.14. The largest absolute Gasteiger partial charge is 0.480 e. The van der Waals surface area contributed by atoms with Crippen LogP contribution in [0.25, 0.3) is 34.0 Å². The van der Waals surface area contributed by atoms with Crippen LogP contribution in [0.4, 0.5) is 0 Å². The van der Waals surface area contributed by atoms with E-state index in [9.17, 15) is 4.79 Å². The number of pyridine rings is 1. The summed E-state index contributed by atoms with van der Waals surface area (Å²) >= 11 is 0. The molecular formula is C26H26N4O4. The third-order valence-corrected chi connectivity index (χ3v) is 5.43. The zero-order chi connectivity index (χ0) is 24.1. The molecule has 34 heavy (non-hydrogen) atoms. The van der Waals surface area contributed by atoms with Gasteiger partial charge in [-0.15, -0.1) is 0 Å². The standard InChI is InChI=1S/C26H26N4O4/c1-17-6-4-5-7-22(17)23-9-8-19(12-20(23)16-33-3)26-28-25(29-34-26)18-10-11-27-21(13-18)14-30(2)15-24(31)32/h4-13H,14-16H2,1-3H3,(H,31,32). The van der Waals surface area contributed by atoms with Gasteiger partial charge in [0.2, 0.25) is 5.82 Å². The minimum atomic E-state index is -0.886. The van der Waals surface area contributed by atoms with Crippen LogP contribution in [0.3, 0.4) is 0 Å². The summed E-state index contributed by atoms with van der Waals surface area (Å²) in [5, 5.41) is 13.1. The van der Waals surface area contributed by atoms with Crippen LogP contribution < -0.4 is 0 Å². The minimum absolute atomic E-state index is 0.0689. The van der Waals surface area contributed by atoms with E-state index in [1.54, 1.807) is 31.3 Å². The fourth-order valence-electron chi connectivity index (χ4n) is 3.86. The summed E-state index contributed by atoms with van der Waals surface area (Å²) in [6, 6.07) is 17.9. The van der Waals surface area contributed by atoms with E-state index in [0.29, 0.717) is 24.9 Å². The number of carboxylic acids is 1. The van der Waals surface area contributed by atoms with Gasteiger partial charge in [0.25, 0.3) is 5.89 Å². The number of nitrogens with zero attached hydrogens (tertiary/aromatic N) is 4. The number of likely N-dealkylation sites (N-methyl/N-ethyl adjacent to an activating group) is 1. The van der Waals surface area contributed by atoms with E-state index in [-0.39, 0.29) is 6.54 Å². The lowest BCUT2D eigenvalue weighted by Crippen LogP contribution is -2.25. The summed E-state index contributed by atoms with van der Waals surface area (Å²) in [5.74, 6) is -0.0383. The third-order valence-electron chi connectivity index (χ3n) is 5.43. The van der Waals surface area contributed by atoms with Crippen molar-refractivity contribution in [1.29, 1.82) is 0 Å². The molecule has 0 saturated carbocycles. The summed E-state index contributed by atoms with van der Waals surface area (Å²) in [7, 11) is 3.40. The summed E-state index contributed by atoms with van der Waals surface area (Å²) in [6.07, 6.45) is 1.66. The summed E-state index contributed by atoms with van der Waals surface area (Å²) < 4.78 is 11.0. The number of carbonyl (C=O) groups is 1. The van der Waals surface area contributed by atoms with Crippen LogP contribution in [0.5, 0.6) is 0 Å². The Balaban J connectivity index is 1.61. The number of ether oxygens (including phenoxy) is 1. The molecule has 1 N–H and O–H groups in total. The highest BCUT2D eigenvalue weighted by atomic mass is 16.5. The average Bonchev–Trinajstić information content (AvgIpc) is 3.30. The molecule has 2 aromatic carbocycles. The molecule has 0 saturated heterocycles. The van der Waals surface area contributed by atoms with Gasteiger partial charge in [0.05, 0.1) is 18.8 Å². The topological polar surface area (TPSA) is 102 Å². The van der Waals surface area contributed by atoms with E-state index in [4.69, 9.17) is 14.4 Å². The molecular weight excluding hydrogens is 432 g/mol. The third kappa shape index (κ3) is 5.36. The predicted octanol–water partition coefficient (Wildman–Crippen LogP) is 4.44. The molecule has 0 radical (unpaired) electrons. The first-order valence-corrected chi connectivity index (χ1v) is 10.8. The van der Waals surface area contributed by atoms with Gasteiger partial charge in [0.1, 0.15) is 0 Å². The lowest BCUT2D eigenvalue weighted by Gasteiger charge is -2.13. The lowest BCUT2D eigenvalue weighted by atomic mass is 9.94. The molecule has 0 fully saturated rings. The maximum atomic E-state index is 10.9. The van der Waals surface area contributed by atoms with Crippen LogP contribution >= 0.6 is 0 Å². The summed E-state index contributed by atoms with van der Waals surface area (Å²) in [4.78, 5) is 21.5. The second-order valence-electron chi connectivity index (χ2n) is 8.14. The number of carboxylic acid groups (broad SMARTS) is 1. The highest BCUT2D eigenvalue weighted by Gasteiger charge is 2.15. The van der Waals surface area contributed by atoms with E-state index in [2.05, 4.69) is 40.2 Å². The predicted molar refractivity (Wildman–Crippen MR) is 128 cm³/mol. The van der Waals surface area contributed by atoms with Crippen LogP contribution in [-0.2, 0) is 22.7 Å². The average molecular weight is 459 g/mol. The minimum Gasteiger partial charge on any atom is -0.480 e. The van der Waals surface area contributed by atoms with E-state index < -0.39 is 5.97 Å². The molecule has 0 atom stereocenters. The number of hydrogen-bond donors (Lipinski definition) is 1. The van der Waals surface area contributed by atoms with E-state index in [0.717, 1.165) is 33.5 Å². The van der Waals surface area contributed by atoms with Gasteiger partial charge in [-0.1, -0.05) is 35.5 Å². The van der Waals surface area contributed by atoms with Crippen molar-refractivity contribution in [3.8, 4) is 34.0 Å². The first-order chi connectivity index (χ1) is 16.4. The van der Waals surface area contributed by atoms with Crippen molar-refractivity contribution in [2.45, 2.75) is 20.1 Å². The Kier molecular flexibility index (Phi) is 7.10. The van der Waals surface area contributed by atoms with E-state index in [1.807, 2.05) is 30.3 Å². The van der Waals surface area contributed by atoms with Crippen LogP contribution in [-0.4, -0.2) is 51.8 Å². The molecule has 0 amide bonds. The molecule has 0 aliphatic carbocycles. The van der Waals surface area contributed by atoms with Crippen LogP contribution in [0.2, 0.25) is 0 Å². The number of aromatic nitrogens is 3. The molecule has 174 valence electrons. The van der Waals surface area contributed by atoms with Gasteiger partial charge < -0.3 is 14.4 Å². The molecule has 2 heterocycles. The van der Waals surface area contributed by atoms with Crippen LogP contribution in [0.15, 0.2) is 65.3 Å². The molecule has 2 aromatic heterocycles. The zero-order valence-electron chi connectivity index (χ0n) is 19.4. The molecule has 8 nitrogen and oxygen atoms in total. The fraction of sp³-hybridized carbons (Fsp3) is 0.231. The van der Waals surface area contributed by atoms with Gasteiger partial charge in [0.15, 0.2) is 0 Å². The SMILES string of the molecule is COCc1cc(-c2nc(-c3ccnc(CN(C)CC(=O)O)c3)no2)ccc1-c1ccccc1C. The van der Waals surface area contributed by atoms with Crippen molar-refractivity contribution in [2.24, 2.45) is 0 Å². The van der Waals surface area contributed by atoms with Crippen molar-refractivity contribution in [3.05, 3.63) is 77.6 Å². The number of aryl methyl sites for hydroxylation is 1. The van der Waals surface area contributed by atoms with Crippen molar-refractivity contribution < 1.29 is 19.2 Å². The Hall–Kier alpha value is -3.88. The molecule has 4 aromatic rings. The van der Waals surface area contributed by atoms with Gasteiger partial charge >= 0.3 is 5.97 Å². The van der Waals surface area contributed by atoms with Crippen LogP contribution in [0, 0.1) is 6.92 Å². The first-order valence-electron chi connectivity index (χ1n) is 10.8. The smallest absolute Gasteiger partial charge is 0.317 e. The highest BCUT2D eigenvalue weighted by molar-refractivity contribution is 5.74. The molecule has 4 rings (SSSR count). The monoisotopic (exact) mass is 458 g/mol. The van der Waals surface area contributed by atoms with Gasteiger partial charge in [-0.2, -0.15) is 4.98 Å². The normalized spacial score (nSPS) is 11.2. The quantitative estimate of drug-likeness (QED) is 0.393. The number of aliphatic carboxylic acids is 1. The van der Waals surface area contributed by atoms with Crippen molar-refractivity contribution in [2.75, 3.05) is 20.7 Å². The molecule has 0 aliphatic heterocycles. The molecule has 8 heteroatoms. The lowest BCUT2D eigenvalue weighted by molar-refractivity contribution is -0.138. The van der Waals surface area contributed by atoms with Gasteiger partial charge in [-0.25, -0.2) is 0 Å².